The molecule has 1 aliphatic rings. The van der Waals surface area contributed by atoms with Crippen LogP contribution in [0.5, 0.6) is 5.75 Å². The number of hydrogen-bond acceptors (Lipinski definition) is 6. The Hall–Kier alpha value is -4.37. The number of ether oxygens (including phenoxy) is 1. The first-order chi connectivity index (χ1) is 20.5. The smallest absolute Gasteiger partial charge is 0.406 e. The summed E-state index contributed by atoms with van der Waals surface area (Å²) in [5.41, 5.74) is 2.42. The Bertz CT molecular complexity index is 1530. The maximum atomic E-state index is 13.6. The molecule has 1 saturated heterocycles. The van der Waals surface area contributed by atoms with E-state index in [-0.39, 0.29) is 36.7 Å². The summed E-state index contributed by atoms with van der Waals surface area (Å²) >= 11 is 0. The Kier molecular flexibility index (Phi) is 10.1. The van der Waals surface area contributed by atoms with Crippen molar-refractivity contribution in [3.8, 4) is 17.6 Å². The van der Waals surface area contributed by atoms with Crippen molar-refractivity contribution in [3.05, 3.63) is 53.7 Å². The van der Waals surface area contributed by atoms with Gasteiger partial charge in [-0.2, -0.15) is 13.2 Å². The number of piperidine rings is 1. The molecule has 2 heterocycles. The van der Waals surface area contributed by atoms with Gasteiger partial charge in [-0.15, -0.1) is 0 Å². The summed E-state index contributed by atoms with van der Waals surface area (Å²) in [6.07, 6.45) is -2.78. The van der Waals surface area contributed by atoms with Crippen LogP contribution in [-0.4, -0.2) is 78.5 Å². The molecule has 0 spiro atoms. The molecule has 1 fully saturated rings. The zero-order valence-electron chi connectivity index (χ0n) is 24.3. The Morgan fingerprint density at radius 1 is 1.16 bits per heavy atom. The number of amides is 1. The molecular formula is C31H36F3N5O4. The van der Waals surface area contributed by atoms with Gasteiger partial charge in [0.1, 0.15) is 12.3 Å². The third kappa shape index (κ3) is 8.14. The van der Waals surface area contributed by atoms with Gasteiger partial charge in [-0.25, -0.2) is 0 Å². The molecule has 1 aromatic heterocycles. The summed E-state index contributed by atoms with van der Waals surface area (Å²) < 4.78 is 47.4. The van der Waals surface area contributed by atoms with E-state index in [2.05, 4.69) is 39.6 Å². The van der Waals surface area contributed by atoms with E-state index < -0.39 is 18.7 Å². The SMILES string of the molecule is CNC(=O)c1ccc(NCC#Cc2cc3c(NC4CCN(CCC(=O)O)C(C)C4)cccc3n2CC(F)(F)F)c(OC)c1. The molecule has 0 aliphatic carbocycles. The number of fused-ring (bicyclic) bond motifs is 1. The summed E-state index contributed by atoms with van der Waals surface area (Å²) in [4.78, 5) is 25.0. The third-order valence-corrected chi connectivity index (χ3v) is 7.54. The summed E-state index contributed by atoms with van der Waals surface area (Å²) in [6, 6.07) is 12.1. The number of aromatic nitrogens is 1. The molecule has 43 heavy (non-hydrogen) atoms. The van der Waals surface area contributed by atoms with Gasteiger partial charge >= 0.3 is 12.1 Å². The van der Waals surface area contributed by atoms with Gasteiger partial charge in [0.05, 0.1) is 37.0 Å². The normalized spacial score (nSPS) is 17.2. The van der Waals surface area contributed by atoms with Crippen LogP contribution in [0.15, 0.2) is 42.5 Å². The number of likely N-dealkylation sites (tertiary alicyclic amines) is 1. The van der Waals surface area contributed by atoms with Crippen molar-refractivity contribution < 1.29 is 32.6 Å². The van der Waals surface area contributed by atoms with Crippen LogP contribution in [0.1, 0.15) is 42.2 Å². The van der Waals surface area contributed by atoms with E-state index in [1.165, 1.54) is 18.7 Å². The third-order valence-electron chi connectivity index (χ3n) is 7.54. The number of carboxylic acid groups (broad SMARTS) is 1. The lowest BCUT2D eigenvalue weighted by molar-refractivity contribution is -0.140. The van der Waals surface area contributed by atoms with Gasteiger partial charge in [0.25, 0.3) is 5.91 Å². The summed E-state index contributed by atoms with van der Waals surface area (Å²) in [6.45, 7) is 2.24. The Labute approximate surface area is 248 Å². The lowest BCUT2D eigenvalue weighted by Crippen LogP contribution is -2.45. The van der Waals surface area contributed by atoms with Crippen LogP contribution in [0.4, 0.5) is 24.5 Å². The number of aliphatic carboxylic acids is 1. The van der Waals surface area contributed by atoms with Gasteiger partial charge in [0.2, 0.25) is 0 Å². The van der Waals surface area contributed by atoms with Gasteiger partial charge in [-0.3, -0.25) is 14.5 Å². The van der Waals surface area contributed by atoms with E-state index in [9.17, 15) is 22.8 Å². The number of rotatable bonds is 10. The number of alkyl halides is 3. The number of methoxy groups -OCH3 is 1. The first-order valence-corrected chi connectivity index (χ1v) is 14.0. The van der Waals surface area contributed by atoms with Crippen molar-refractivity contribution in [2.45, 2.75) is 51.0 Å². The Balaban J connectivity index is 1.53. The van der Waals surface area contributed by atoms with Gasteiger partial charge in [0, 0.05) is 48.9 Å². The highest BCUT2D eigenvalue weighted by Crippen LogP contribution is 2.32. The number of nitrogens with zero attached hydrogens (tertiary/aromatic N) is 2. The van der Waals surface area contributed by atoms with Crippen LogP contribution in [-0.2, 0) is 11.3 Å². The van der Waals surface area contributed by atoms with Gasteiger partial charge in [-0.1, -0.05) is 12.0 Å². The second kappa shape index (κ2) is 13.7. The highest BCUT2D eigenvalue weighted by Gasteiger charge is 2.30. The molecule has 2 aromatic carbocycles. The van der Waals surface area contributed by atoms with Crippen LogP contribution in [0, 0.1) is 11.8 Å². The molecule has 1 aliphatic heterocycles. The topological polar surface area (TPSA) is 108 Å². The molecule has 12 heteroatoms. The van der Waals surface area contributed by atoms with Crippen LogP contribution in [0.2, 0.25) is 0 Å². The van der Waals surface area contributed by atoms with Gasteiger partial charge in [0.15, 0.2) is 0 Å². The minimum atomic E-state index is -4.44. The number of carboxylic acids is 1. The number of anilines is 2. The fourth-order valence-electron chi connectivity index (χ4n) is 5.40. The molecule has 9 nitrogen and oxygen atoms in total. The molecule has 230 valence electrons. The van der Waals surface area contributed by atoms with Gasteiger partial charge in [-0.05, 0) is 62.1 Å². The predicted octanol–water partition coefficient (Wildman–Crippen LogP) is 4.77. The second-order valence-corrected chi connectivity index (χ2v) is 10.5. The number of hydrogen-bond donors (Lipinski definition) is 4. The fourth-order valence-corrected chi connectivity index (χ4v) is 5.40. The van der Waals surface area contributed by atoms with E-state index in [4.69, 9.17) is 9.84 Å². The number of nitrogens with one attached hydrogen (secondary N) is 3. The molecular weight excluding hydrogens is 563 g/mol. The van der Waals surface area contributed by atoms with Crippen LogP contribution in [0.25, 0.3) is 10.9 Å². The van der Waals surface area contributed by atoms with E-state index in [0.29, 0.717) is 34.4 Å². The highest BCUT2D eigenvalue weighted by atomic mass is 19.4. The number of carbonyl (C=O) groups is 2. The maximum Gasteiger partial charge on any atom is 0.406 e. The number of halogens is 3. The van der Waals surface area contributed by atoms with E-state index in [0.717, 1.165) is 25.1 Å². The molecule has 0 saturated carbocycles. The number of carbonyl (C=O) groups excluding carboxylic acids is 1. The zero-order chi connectivity index (χ0) is 31.1. The first-order valence-electron chi connectivity index (χ1n) is 14.0. The quantitative estimate of drug-likeness (QED) is 0.249. The fraction of sp³-hybridized carbons (Fsp3) is 0.419. The predicted molar refractivity (Wildman–Crippen MR) is 160 cm³/mol. The molecule has 1 amide bonds. The molecule has 2 atom stereocenters. The van der Waals surface area contributed by atoms with Crippen molar-refractivity contribution >= 4 is 34.2 Å². The molecule has 3 aromatic rings. The average molecular weight is 600 g/mol. The lowest BCUT2D eigenvalue weighted by Gasteiger charge is -2.38. The van der Waals surface area contributed by atoms with Crippen molar-refractivity contribution in [3.63, 3.8) is 0 Å². The van der Waals surface area contributed by atoms with Crippen molar-refractivity contribution in [2.75, 3.05) is 44.4 Å². The van der Waals surface area contributed by atoms with Crippen LogP contribution in [0.3, 0.4) is 0 Å². The zero-order valence-corrected chi connectivity index (χ0v) is 24.3. The molecule has 2 unspecified atom stereocenters. The van der Waals surface area contributed by atoms with Crippen molar-refractivity contribution in [1.82, 2.24) is 14.8 Å². The van der Waals surface area contributed by atoms with Crippen molar-refractivity contribution in [2.24, 2.45) is 0 Å². The molecule has 4 N–H and O–H groups in total. The molecule has 0 bridgehead atoms. The van der Waals surface area contributed by atoms with E-state index >= 15 is 0 Å². The highest BCUT2D eigenvalue weighted by molar-refractivity contribution is 5.95. The second-order valence-electron chi connectivity index (χ2n) is 10.5. The Morgan fingerprint density at radius 3 is 2.63 bits per heavy atom. The van der Waals surface area contributed by atoms with Crippen LogP contribution < -0.4 is 20.7 Å². The monoisotopic (exact) mass is 599 g/mol. The average Bonchev–Trinajstić information content (AvgIpc) is 3.30. The standard InChI is InChI=1S/C31H36F3N5O4/c1-20-16-22(11-14-38(20)15-12-29(40)41)37-25-7-4-8-27-24(25)18-23(39(27)19-31(32,33)34)6-5-13-36-26-10-9-21(30(42)35-2)17-28(26)43-3/h4,7-10,17-18,20,22,36-37H,11-16,19H2,1-3H3,(H,35,42)(H,40,41). The van der Waals surface area contributed by atoms with E-state index in [1.807, 2.05) is 6.07 Å². The Morgan fingerprint density at radius 2 is 1.95 bits per heavy atom. The largest absolute Gasteiger partial charge is 0.495 e. The summed E-state index contributed by atoms with van der Waals surface area (Å²) in [7, 11) is 3.01. The molecule has 0 radical (unpaired) electrons. The molecule has 4 rings (SSSR count). The minimum Gasteiger partial charge on any atom is -0.495 e. The summed E-state index contributed by atoms with van der Waals surface area (Å²) in [5, 5.41) is 18.8. The van der Waals surface area contributed by atoms with Crippen LogP contribution >= 0.6 is 0 Å². The van der Waals surface area contributed by atoms with Crippen molar-refractivity contribution in [1.29, 1.82) is 0 Å². The maximum absolute atomic E-state index is 13.6. The van der Waals surface area contributed by atoms with Gasteiger partial charge < -0.3 is 30.4 Å². The number of benzene rings is 2. The van der Waals surface area contributed by atoms with E-state index in [1.54, 1.807) is 36.4 Å². The lowest BCUT2D eigenvalue weighted by atomic mass is 9.97. The minimum absolute atomic E-state index is 0.0886. The first kappa shape index (κ1) is 31.6. The summed E-state index contributed by atoms with van der Waals surface area (Å²) in [5.74, 6) is 5.17.